The SMILES string of the molecule is N#[C][Fe][Fe][C]#N.[KH].[KH]. The Labute approximate surface area is 145 Å². The molecule has 0 amide bonds. The summed E-state index contributed by atoms with van der Waals surface area (Å²) in [5.41, 5.74) is 0. The molecule has 0 fully saturated rings. The molecule has 0 spiro atoms. The summed E-state index contributed by atoms with van der Waals surface area (Å²) in [5.74, 6) is 0. The van der Waals surface area contributed by atoms with Crippen LogP contribution in [0.2, 0.25) is 0 Å². The van der Waals surface area contributed by atoms with Crippen LogP contribution in [0.3, 0.4) is 0 Å². The number of hydrogen-bond donors (Lipinski definition) is 0. The summed E-state index contributed by atoms with van der Waals surface area (Å²) in [7, 11) is 0. The molecule has 0 aliphatic rings. The Morgan fingerprint density at radius 2 is 1.12 bits per heavy atom. The summed E-state index contributed by atoms with van der Waals surface area (Å²) in [5, 5.41) is 15.6. The number of hydrogen-bond acceptors (Lipinski definition) is 2. The molecule has 0 aromatic heterocycles. The van der Waals surface area contributed by atoms with Crippen molar-refractivity contribution >= 4 is 103 Å². The first-order valence-electron chi connectivity index (χ1n) is 0.926. The average molecular weight is 244 g/mol. The first kappa shape index (κ1) is 17.4. The Kier molecular flexibility index (Phi) is 36.3. The van der Waals surface area contributed by atoms with Gasteiger partial charge in [-0.25, -0.2) is 0 Å². The van der Waals surface area contributed by atoms with Gasteiger partial charge in [0.15, 0.2) is 0 Å². The van der Waals surface area contributed by atoms with Gasteiger partial charge in [-0.2, -0.15) is 0 Å². The number of rotatable bonds is 1. The minimum atomic E-state index is 0. The fraction of sp³-hybridized carbons (Fsp3) is 0. The van der Waals surface area contributed by atoms with Crippen LogP contribution in [-0.4, -0.2) is 103 Å². The van der Waals surface area contributed by atoms with Gasteiger partial charge in [0.2, 0.25) is 0 Å². The predicted molar refractivity (Wildman–Crippen MR) is 25.5 cm³/mol. The second-order valence-electron chi connectivity index (χ2n) is 0.283. The van der Waals surface area contributed by atoms with Crippen molar-refractivity contribution in [1.29, 1.82) is 10.5 Å². The van der Waals surface area contributed by atoms with Crippen LogP contribution in [0.5, 0.6) is 0 Å². The number of nitrogens with zero attached hydrogens (tertiary/aromatic N) is 2. The molecular weight excluding hydrogens is 242 g/mol. The fourth-order valence-electron chi connectivity index (χ4n) is 0.0280. The van der Waals surface area contributed by atoms with Crippen molar-refractivity contribution in [3.05, 3.63) is 0 Å². The molecular formula is C2H2Fe2K2N2. The van der Waals surface area contributed by atoms with E-state index < -0.39 is 0 Å². The summed E-state index contributed by atoms with van der Waals surface area (Å²) in [6.45, 7) is 0. The molecule has 38 valence electrons. The van der Waals surface area contributed by atoms with Crippen LogP contribution in [-0.2, 0) is 26.3 Å². The third-order valence-corrected chi connectivity index (χ3v) is 1.48. The monoisotopic (exact) mass is 244 g/mol. The topological polar surface area (TPSA) is 47.6 Å². The zero-order valence-corrected chi connectivity index (χ0v) is 4.81. The van der Waals surface area contributed by atoms with Gasteiger partial charge in [0.05, 0.1) is 0 Å². The number of nitriles is 2. The van der Waals surface area contributed by atoms with E-state index in [2.05, 4.69) is 0 Å². The maximum atomic E-state index is 7.80. The molecule has 0 rings (SSSR count). The molecule has 0 saturated heterocycles. The van der Waals surface area contributed by atoms with Crippen molar-refractivity contribution in [3.8, 4) is 9.94 Å². The van der Waals surface area contributed by atoms with Gasteiger partial charge in [0.1, 0.15) is 0 Å². The van der Waals surface area contributed by atoms with Crippen LogP contribution >= 0.6 is 0 Å². The van der Waals surface area contributed by atoms with Crippen molar-refractivity contribution in [2.45, 2.75) is 0 Å². The van der Waals surface area contributed by atoms with Crippen LogP contribution in [0.4, 0.5) is 0 Å². The van der Waals surface area contributed by atoms with E-state index in [1.807, 2.05) is 9.94 Å². The fourth-order valence-corrected chi connectivity index (χ4v) is 0.475. The van der Waals surface area contributed by atoms with Crippen LogP contribution < -0.4 is 0 Å². The van der Waals surface area contributed by atoms with Gasteiger partial charge in [0.25, 0.3) is 0 Å². The quantitative estimate of drug-likeness (QED) is 0.426. The summed E-state index contributed by atoms with van der Waals surface area (Å²) < 4.78 is 0. The summed E-state index contributed by atoms with van der Waals surface area (Å²) in [6, 6.07) is 0. The molecule has 0 aliphatic heterocycles. The van der Waals surface area contributed by atoms with E-state index in [1.165, 1.54) is 0 Å². The standard InChI is InChI=1S/2CN.2Fe.2K.2H/c2*1-2;;;;;;. The molecule has 0 N–H and O–H groups in total. The molecule has 0 unspecified atom stereocenters. The summed E-state index contributed by atoms with van der Waals surface area (Å²) in [4.78, 5) is 3.69. The third-order valence-electron chi connectivity index (χ3n) is 0.0872. The van der Waals surface area contributed by atoms with Crippen LogP contribution in [0.25, 0.3) is 0 Å². The molecule has 2 nitrogen and oxygen atoms in total. The van der Waals surface area contributed by atoms with Crippen molar-refractivity contribution in [2.75, 3.05) is 0 Å². The van der Waals surface area contributed by atoms with E-state index in [-0.39, 0.29) is 103 Å². The van der Waals surface area contributed by atoms with E-state index in [1.54, 1.807) is 0 Å². The molecule has 0 aromatic carbocycles. The Hall–Kier alpha value is 3.29. The van der Waals surface area contributed by atoms with Gasteiger partial charge in [-0.1, -0.05) is 0 Å². The first-order chi connectivity index (χ1) is 2.91. The Bertz CT molecular complexity index is 89.6. The zero-order chi connectivity index (χ0) is 4.83. The Balaban J connectivity index is -0.000000125. The molecule has 0 atom stereocenters. The van der Waals surface area contributed by atoms with Gasteiger partial charge in [-0.05, 0) is 0 Å². The Morgan fingerprint density at radius 1 is 0.875 bits per heavy atom. The molecule has 0 saturated carbocycles. The maximum absolute atomic E-state index is 7.80. The van der Waals surface area contributed by atoms with Crippen LogP contribution in [0.15, 0.2) is 0 Å². The second kappa shape index (κ2) is 16.7. The predicted octanol–water partition coefficient (Wildman–Crippen LogP) is -1.27. The van der Waals surface area contributed by atoms with Crippen molar-refractivity contribution < 1.29 is 26.3 Å². The van der Waals surface area contributed by atoms with E-state index in [9.17, 15) is 0 Å². The minimum absolute atomic E-state index is 0. The molecule has 0 aliphatic carbocycles. The van der Waals surface area contributed by atoms with Crippen LogP contribution in [0.1, 0.15) is 0 Å². The molecule has 0 radical (unpaired) electrons. The van der Waals surface area contributed by atoms with E-state index in [4.69, 9.17) is 10.5 Å². The average Bonchev–Trinajstić information content (AvgIpc) is 1.61. The van der Waals surface area contributed by atoms with Gasteiger partial charge in [0, 0.05) is 0 Å². The molecule has 6 heteroatoms. The van der Waals surface area contributed by atoms with E-state index in [0.717, 1.165) is 0 Å². The molecule has 0 bridgehead atoms. The molecule has 0 aromatic rings. The van der Waals surface area contributed by atoms with E-state index in [0.29, 0.717) is 26.3 Å². The van der Waals surface area contributed by atoms with Gasteiger partial charge in [-0.15, -0.1) is 0 Å². The third kappa shape index (κ3) is 16.1. The molecule has 0 heterocycles. The van der Waals surface area contributed by atoms with Gasteiger partial charge < -0.3 is 0 Å². The first-order valence-corrected chi connectivity index (χ1v) is 4.03. The summed E-state index contributed by atoms with van der Waals surface area (Å²) in [6.07, 6.45) is 0. The van der Waals surface area contributed by atoms with Crippen LogP contribution in [0, 0.1) is 20.5 Å². The summed E-state index contributed by atoms with van der Waals surface area (Å²) >= 11 is 0.715. The van der Waals surface area contributed by atoms with Crippen molar-refractivity contribution in [2.24, 2.45) is 0 Å². The van der Waals surface area contributed by atoms with Gasteiger partial charge in [-0.3, -0.25) is 0 Å². The van der Waals surface area contributed by atoms with Crippen molar-refractivity contribution in [1.82, 2.24) is 0 Å². The zero-order valence-electron chi connectivity index (χ0n) is 2.60. The Morgan fingerprint density at radius 3 is 1.25 bits per heavy atom. The van der Waals surface area contributed by atoms with Gasteiger partial charge >= 0.3 is 149 Å². The second-order valence-corrected chi connectivity index (χ2v) is 2.78. The van der Waals surface area contributed by atoms with E-state index >= 15 is 0 Å². The van der Waals surface area contributed by atoms with Crippen molar-refractivity contribution in [3.63, 3.8) is 0 Å². The normalized spacial score (nSPS) is 5.25. The molecule has 8 heavy (non-hydrogen) atoms.